The number of alkyl carbamates (subject to hydrolysis) is 1. The van der Waals surface area contributed by atoms with E-state index in [4.69, 9.17) is 18.0 Å². The second kappa shape index (κ2) is 10.0. The van der Waals surface area contributed by atoms with Crippen LogP contribution in [0.4, 0.5) is 10.5 Å². The highest BCUT2D eigenvalue weighted by Crippen LogP contribution is 2.29. The van der Waals surface area contributed by atoms with Crippen molar-refractivity contribution in [2.75, 3.05) is 18.6 Å². The van der Waals surface area contributed by atoms with E-state index >= 15 is 0 Å². The highest BCUT2D eigenvalue weighted by Gasteiger charge is 2.19. The number of carbonyl (C=O) groups excluding carboxylic acids is 1. The molecule has 0 aliphatic carbocycles. The van der Waals surface area contributed by atoms with E-state index in [9.17, 15) is 4.79 Å². The molecule has 1 unspecified atom stereocenters. The zero-order valence-corrected chi connectivity index (χ0v) is 16.5. The van der Waals surface area contributed by atoms with E-state index in [1.165, 1.54) is 12.0 Å². The number of amides is 1. The average molecular weight is 390 g/mol. The van der Waals surface area contributed by atoms with Crippen LogP contribution in [0.2, 0.25) is 0 Å². The minimum absolute atomic E-state index is 0.178. The standard InChI is InChI=1S/C19H23N3O2S2/c1-3-11-26-14-8-6-7-13(12-14)17(15-9-4-5-10-16(15)20)21-18(25)22-19(23)24-2/h4-10,12,17H,3,11,20H2,1-2H3,(H2,21,22,23,25). The first-order chi connectivity index (χ1) is 12.5. The monoisotopic (exact) mass is 389 g/mol. The number of benzene rings is 2. The lowest BCUT2D eigenvalue weighted by Crippen LogP contribution is -2.41. The van der Waals surface area contributed by atoms with E-state index in [-0.39, 0.29) is 11.2 Å². The quantitative estimate of drug-likeness (QED) is 0.392. The Morgan fingerprint density at radius 1 is 1.27 bits per heavy atom. The predicted octanol–water partition coefficient (Wildman–Crippen LogP) is 4.09. The van der Waals surface area contributed by atoms with Crippen LogP contribution in [0.5, 0.6) is 0 Å². The Balaban J connectivity index is 2.33. The number of para-hydroxylation sites is 1. The first kappa shape index (κ1) is 20.1. The van der Waals surface area contributed by atoms with Gasteiger partial charge in [0, 0.05) is 16.1 Å². The Hall–Kier alpha value is -2.25. The third kappa shape index (κ3) is 5.64. The van der Waals surface area contributed by atoms with Crippen molar-refractivity contribution in [3.63, 3.8) is 0 Å². The largest absolute Gasteiger partial charge is 0.453 e. The SMILES string of the molecule is CCCSc1cccc(C(NC(=S)NC(=O)OC)c2ccccc2N)c1. The molecular formula is C19H23N3O2S2. The van der Waals surface area contributed by atoms with Crippen LogP contribution < -0.4 is 16.4 Å². The van der Waals surface area contributed by atoms with Crippen LogP contribution in [-0.4, -0.2) is 24.1 Å². The van der Waals surface area contributed by atoms with Crippen molar-refractivity contribution in [3.05, 3.63) is 59.7 Å². The lowest BCUT2D eigenvalue weighted by atomic mass is 9.97. The average Bonchev–Trinajstić information content (AvgIpc) is 2.65. The number of anilines is 1. The van der Waals surface area contributed by atoms with Crippen molar-refractivity contribution in [1.29, 1.82) is 0 Å². The minimum atomic E-state index is -0.616. The van der Waals surface area contributed by atoms with E-state index < -0.39 is 6.09 Å². The number of thiocarbonyl (C=S) groups is 1. The molecule has 0 bridgehead atoms. The van der Waals surface area contributed by atoms with Crippen LogP contribution in [0, 0.1) is 0 Å². The fraction of sp³-hybridized carbons (Fsp3) is 0.263. The molecule has 26 heavy (non-hydrogen) atoms. The summed E-state index contributed by atoms with van der Waals surface area (Å²) in [5.41, 5.74) is 8.73. The number of rotatable bonds is 6. The van der Waals surface area contributed by atoms with Crippen LogP contribution in [0.3, 0.4) is 0 Å². The molecule has 5 nitrogen and oxygen atoms in total. The van der Waals surface area contributed by atoms with Gasteiger partial charge in [-0.2, -0.15) is 0 Å². The van der Waals surface area contributed by atoms with Gasteiger partial charge < -0.3 is 15.8 Å². The van der Waals surface area contributed by atoms with E-state index in [2.05, 4.69) is 34.4 Å². The molecule has 0 aliphatic heterocycles. The van der Waals surface area contributed by atoms with E-state index in [0.29, 0.717) is 5.69 Å². The number of thioether (sulfide) groups is 1. The number of methoxy groups -OCH3 is 1. The topological polar surface area (TPSA) is 76.4 Å². The molecule has 0 radical (unpaired) electrons. The van der Waals surface area contributed by atoms with Gasteiger partial charge in [-0.25, -0.2) is 4.79 Å². The summed E-state index contributed by atoms with van der Waals surface area (Å²) < 4.78 is 4.60. The second-order valence-electron chi connectivity index (χ2n) is 5.57. The molecule has 0 saturated carbocycles. The van der Waals surface area contributed by atoms with Crippen molar-refractivity contribution in [2.45, 2.75) is 24.3 Å². The number of hydrogen-bond donors (Lipinski definition) is 3. The number of nitrogen functional groups attached to an aromatic ring is 1. The molecule has 2 aromatic rings. The van der Waals surface area contributed by atoms with Crippen molar-refractivity contribution in [2.24, 2.45) is 0 Å². The summed E-state index contributed by atoms with van der Waals surface area (Å²) in [6.45, 7) is 2.16. The van der Waals surface area contributed by atoms with Crippen molar-refractivity contribution in [1.82, 2.24) is 10.6 Å². The lowest BCUT2D eigenvalue weighted by molar-refractivity contribution is 0.176. The smallest absolute Gasteiger partial charge is 0.413 e. The molecule has 2 aromatic carbocycles. The van der Waals surface area contributed by atoms with Crippen LogP contribution in [-0.2, 0) is 4.74 Å². The van der Waals surface area contributed by atoms with Crippen molar-refractivity contribution in [3.8, 4) is 0 Å². The van der Waals surface area contributed by atoms with Gasteiger partial charge in [-0.05, 0) is 48.2 Å². The molecule has 0 fully saturated rings. The minimum Gasteiger partial charge on any atom is -0.453 e. The zero-order valence-electron chi connectivity index (χ0n) is 14.8. The van der Waals surface area contributed by atoms with Crippen LogP contribution in [0.15, 0.2) is 53.4 Å². The number of nitrogens with one attached hydrogen (secondary N) is 2. The molecule has 0 heterocycles. The number of hydrogen-bond acceptors (Lipinski definition) is 5. The first-order valence-corrected chi connectivity index (χ1v) is 9.67. The Morgan fingerprint density at radius 3 is 2.73 bits per heavy atom. The highest BCUT2D eigenvalue weighted by molar-refractivity contribution is 7.99. The fourth-order valence-electron chi connectivity index (χ4n) is 2.43. The molecule has 1 atom stereocenters. The molecule has 1 amide bonds. The van der Waals surface area contributed by atoms with Crippen molar-refractivity contribution >= 4 is 40.9 Å². The zero-order chi connectivity index (χ0) is 18.9. The third-order valence-corrected chi connectivity index (χ3v) is 5.07. The number of nitrogens with two attached hydrogens (primary N) is 1. The predicted molar refractivity (Wildman–Crippen MR) is 111 cm³/mol. The normalized spacial score (nSPS) is 11.5. The third-order valence-electron chi connectivity index (χ3n) is 3.65. The molecule has 2 rings (SSSR count). The molecule has 0 saturated heterocycles. The first-order valence-electron chi connectivity index (χ1n) is 8.27. The van der Waals surface area contributed by atoms with Gasteiger partial charge in [0.05, 0.1) is 13.2 Å². The van der Waals surface area contributed by atoms with Crippen molar-refractivity contribution < 1.29 is 9.53 Å². The Morgan fingerprint density at radius 2 is 2.04 bits per heavy atom. The molecule has 7 heteroatoms. The van der Waals surface area contributed by atoms with E-state index in [1.807, 2.05) is 36.4 Å². The summed E-state index contributed by atoms with van der Waals surface area (Å²) in [7, 11) is 1.29. The van der Waals surface area contributed by atoms with Gasteiger partial charge >= 0.3 is 6.09 Å². The summed E-state index contributed by atoms with van der Waals surface area (Å²) >= 11 is 7.05. The number of carbonyl (C=O) groups is 1. The molecular weight excluding hydrogens is 366 g/mol. The van der Waals surface area contributed by atoms with E-state index in [0.717, 1.165) is 23.3 Å². The summed E-state index contributed by atoms with van der Waals surface area (Å²) in [5.74, 6) is 1.05. The molecule has 0 aliphatic rings. The van der Waals surface area contributed by atoms with Gasteiger partial charge in [-0.3, -0.25) is 5.32 Å². The molecule has 0 aromatic heterocycles. The van der Waals surface area contributed by atoms with Crippen LogP contribution in [0.1, 0.15) is 30.5 Å². The maximum Gasteiger partial charge on any atom is 0.413 e. The Labute approximate surface area is 163 Å². The summed E-state index contributed by atoms with van der Waals surface area (Å²) in [5, 5.41) is 5.83. The molecule has 0 spiro atoms. The highest BCUT2D eigenvalue weighted by atomic mass is 32.2. The maximum absolute atomic E-state index is 11.4. The molecule has 4 N–H and O–H groups in total. The van der Waals surface area contributed by atoms with Gasteiger partial charge in [0.1, 0.15) is 0 Å². The van der Waals surface area contributed by atoms with Crippen LogP contribution in [0.25, 0.3) is 0 Å². The lowest BCUT2D eigenvalue weighted by Gasteiger charge is -2.23. The number of ether oxygens (including phenoxy) is 1. The van der Waals surface area contributed by atoms with Gasteiger partial charge in [0.25, 0.3) is 0 Å². The summed E-state index contributed by atoms with van der Waals surface area (Å²) in [4.78, 5) is 12.6. The van der Waals surface area contributed by atoms with E-state index in [1.54, 1.807) is 11.8 Å². The van der Waals surface area contributed by atoms with Crippen LogP contribution >= 0.6 is 24.0 Å². The maximum atomic E-state index is 11.4. The summed E-state index contributed by atoms with van der Waals surface area (Å²) in [6, 6.07) is 15.5. The Bertz CT molecular complexity index is 768. The second-order valence-corrected chi connectivity index (χ2v) is 7.15. The molecule has 138 valence electrons. The summed E-state index contributed by atoms with van der Waals surface area (Å²) in [6.07, 6.45) is 0.490. The van der Waals surface area contributed by atoms with Gasteiger partial charge in [-0.1, -0.05) is 37.3 Å². The van der Waals surface area contributed by atoms with Gasteiger partial charge in [0.15, 0.2) is 5.11 Å². The van der Waals surface area contributed by atoms with Gasteiger partial charge in [-0.15, -0.1) is 11.8 Å². The fourth-order valence-corrected chi connectivity index (χ4v) is 3.46. The Kier molecular flexibility index (Phi) is 7.74. The van der Waals surface area contributed by atoms with Gasteiger partial charge in [0.2, 0.25) is 0 Å².